The monoisotopic (exact) mass is 1860 g/mol. The second-order valence-corrected chi connectivity index (χ2v) is 28.1. The van der Waals surface area contributed by atoms with Crippen molar-refractivity contribution in [2.24, 2.45) is 5.73 Å². The minimum atomic E-state index is -2.38. The largest absolute Gasteiger partial charge is 0.494 e. The summed E-state index contributed by atoms with van der Waals surface area (Å²) < 4.78 is 156. The Balaban J connectivity index is 0.000000214. The highest BCUT2D eigenvalue weighted by Gasteiger charge is 2.39. The molecule has 0 saturated heterocycles. The van der Waals surface area contributed by atoms with Crippen molar-refractivity contribution in [3.8, 4) is 96.5 Å². The van der Waals surface area contributed by atoms with Crippen LogP contribution in [0.3, 0.4) is 0 Å². The van der Waals surface area contributed by atoms with Crippen molar-refractivity contribution in [1.82, 2.24) is 24.9 Å². The van der Waals surface area contributed by atoms with Gasteiger partial charge < -0.3 is 59.3 Å². The van der Waals surface area contributed by atoms with Crippen molar-refractivity contribution in [3.63, 3.8) is 0 Å². The maximum absolute atomic E-state index is 14.1. The molecule has 0 aliphatic heterocycles. The molecule has 122 heavy (non-hydrogen) atoms. The second-order valence-electron chi connectivity index (χ2n) is 25.5. The molecule has 6 N–H and O–H groups in total. The van der Waals surface area contributed by atoms with E-state index >= 15 is 0 Å². The van der Waals surface area contributed by atoms with Gasteiger partial charge in [-0.3, -0.25) is 24.5 Å². The molecule has 11 rings (SSSR count). The fraction of sp³-hybridized carbons (Fsp3) is 0.238. The Morgan fingerprint density at radius 3 is 1.03 bits per heavy atom. The molecule has 0 amide bonds. The quantitative estimate of drug-likeness (QED) is 0.00886. The number of methoxy groups -OCH3 is 6. The molecule has 5 aromatic heterocycles. The van der Waals surface area contributed by atoms with Gasteiger partial charge in [-0.05, 0) is 176 Å². The van der Waals surface area contributed by atoms with E-state index in [4.69, 9.17) is 102 Å². The lowest BCUT2D eigenvalue weighted by molar-refractivity contribution is -0.503. The Hall–Kier alpha value is -10.8. The van der Waals surface area contributed by atoms with Gasteiger partial charge in [0, 0.05) is 51.3 Å². The van der Waals surface area contributed by atoms with Crippen LogP contribution in [-0.2, 0) is 16.8 Å². The number of aliphatic hydroxyl groups excluding tert-OH is 1. The number of carbonyl (C=O) groups is 3. The number of aliphatic hydroxyl groups is 4. The average molecular weight is 1870 g/mol. The Bertz CT molecular complexity index is 5420. The number of carbonyl (C=O) groups excluding carboxylic acids is 3. The van der Waals surface area contributed by atoms with E-state index in [1.807, 2.05) is 0 Å². The number of alkyl halides is 5. The van der Waals surface area contributed by atoms with E-state index < -0.39 is 89.8 Å². The van der Waals surface area contributed by atoms with Crippen LogP contribution in [0.15, 0.2) is 170 Å². The molecule has 38 heteroatoms. The summed E-state index contributed by atoms with van der Waals surface area (Å²) in [4.78, 5) is 66.7. The van der Waals surface area contributed by atoms with Gasteiger partial charge in [0.05, 0.1) is 96.8 Å². The highest BCUT2D eigenvalue weighted by Crippen LogP contribution is 2.40. The van der Waals surface area contributed by atoms with E-state index in [0.717, 1.165) is 6.07 Å². The molecule has 3 unspecified atom stereocenters. The van der Waals surface area contributed by atoms with Gasteiger partial charge in [0.25, 0.3) is 0 Å². The van der Waals surface area contributed by atoms with Crippen LogP contribution >= 0.6 is 73.9 Å². The van der Waals surface area contributed by atoms with Crippen molar-refractivity contribution in [1.29, 1.82) is 0 Å². The minimum Gasteiger partial charge on any atom is -0.494 e. The number of nitrogens with zero attached hydrogens (tertiary/aromatic N) is 6. The number of pyridine rings is 5. The predicted octanol–water partition coefficient (Wildman–Crippen LogP) is 18.2. The maximum atomic E-state index is 14.1. The molecule has 3 atom stereocenters. The third-order valence-electron chi connectivity index (χ3n) is 17.6. The number of ketones is 3. The van der Waals surface area contributed by atoms with Crippen molar-refractivity contribution in [3.05, 3.63) is 268 Å². The molecular weight excluding hydrogens is 1790 g/mol. The molecule has 0 radical (unpaired) electrons. The van der Waals surface area contributed by atoms with E-state index in [1.54, 1.807) is 12.1 Å². The molecule has 646 valence electrons. The fourth-order valence-corrected chi connectivity index (χ4v) is 12.2. The van der Waals surface area contributed by atoms with Crippen LogP contribution in [0.1, 0.15) is 61.3 Å². The van der Waals surface area contributed by atoms with Crippen LogP contribution < -0.4 is 38.9 Å². The van der Waals surface area contributed by atoms with Gasteiger partial charge in [-0.25, -0.2) is 64.4 Å². The summed E-state index contributed by atoms with van der Waals surface area (Å²) in [6.07, 6.45) is -0.442. The zero-order valence-corrected chi connectivity index (χ0v) is 70.4. The number of nitrogens with two attached hydrogens (primary N) is 1. The van der Waals surface area contributed by atoms with Crippen LogP contribution in [0.4, 0.5) is 39.5 Å². The first-order valence-electron chi connectivity index (χ1n) is 35.5. The molecule has 0 fully saturated rings. The first-order chi connectivity index (χ1) is 58.1. The zero-order valence-electron chi connectivity index (χ0n) is 65.1. The second kappa shape index (κ2) is 45.9. The van der Waals surface area contributed by atoms with E-state index in [2.05, 4.69) is 40.8 Å². The van der Waals surface area contributed by atoms with Gasteiger partial charge in [-0.15, -0.1) is 0 Å². The van der Waals surface area contributed by atoms with E-state index in [0.29, 0.717) is 85.1 Å². The average Bonchev–Trinajstić information content (AvgIpc) is 1.38. The molecule has 0 bridgehead atoms. The van der Waals surface area contributed by atoms with Crippen LogP contribution in [0.2, 0.25) is 25.1 Å². The molecule has 0 saturated carbocycles. The standard InChI is InChI=1S/C26H26ClF2NO6.C15H13ClF2N2O4.C15H15ClF2N2O2.C14H10BrClFNO2.C14H10ClF2NO2/c1-34-22-7-8-24(30-25(22)17-3-5-19(29)18(27)13-17)26(33,15-28)10-9-20(32)16-4-6-21(36-12-11-31)23(14-16)35-2;1-24-12-4-5-13(15(21,7-17)8-20(22)23)19-14(12)9-2-3-11(18)10(16)6-9;1-22-12-4-5-13(15(21,7-17)8-19)20-14(12)9-2-3-11(18)10(16)6-9;1-20-13-5-4-11(12(19)7-15)18-14(13)8-2-3-10(17)9(16)6-8;1-20-13-5-4-11(12(19)7-16)18-14(13)8-2-3-10(17)9(15)6-8/h3-8,13-14,31,33H,9-12,15H2,1-2H3;2-6,21H,7-8H2,1H3;2-6,21H,7-8,19H2,1H3;2*2-6H,7H2,1H3. The van der Waals surface area contributed by atoms with Crippen LogP contribution in [0.25, 0.3) is 56.3 Å². The summed E-state index contributed by atoms with van der Waals surface area (Å²) in [5.41, 5.74) is 3.19. The van der Waals surface area contributed by atoms with E-state index in [9.17, 15) is 79.3 Å². The van der Waals surface area contributed by atoms with Crippen molar-refractivity contribution < 1.29 is 112 Å². The number of hydrogen-bond acceptors (Lipinski definition) is 22. The molecule has 11 aromatic rings. The number of halogens is 15. The third-order valence-corrected chi connectivity index (χ3v) is 19.5. The molecule has 6 aromatic carbocycles. The number of benzene rings is 6. The topological polar surface area (TPSA) is 330 Å². The number of hydrogen-bond donors (Lipinski definition) is 5. The van der Waals surface area contributed by atoms with Gasteiger partial charge in [0.15, 0.2) is 35.3 Å². The highest BCUT2D eigenvalue weighted by molar-refractivity contribution is 9.09. The summed E-state index contributed by atoms with van der Waals surface area (Å²) in [5, 5.41) is 50.7. The van der Waals surface area contributed by atoms with Crippen LogP contribution in [0, 0.1) is 39.2 Å². The Labute approximate surface area is 725 Å². The van der Waals surface area contributed by atoms with Gasteiger partial charge in [0.1, 0.15) is 136 Å². The van der Waals surface area contributed by atoms with Gasteiger partial charge in [-0.1, -0.05) is 73.9 Å². The zero-order chi connectivity index (χ0) is 89.9. The molecule has 23 nitrogen and oxygen atoms in total. The summed E-state index contributed by atoms with van der Waals surface area (Å²) in [7, 11) is 8.57. The lowest BCUT2D eigenvalue weighted by atomic mass is 9.91. The number of Topliss-reactive ketones (excluding diaryl/α,β-unsaturated/α-hetero) is 3. The molecule has 0 aliphatic carbocycles. The molecule has 5 heterocycles. The summed E-state index contributed by atoms with van der Waals surface area (Å²) in [6, 6.07) is 39.1. The highest BCUT2D eigenvalue weighted by atomic mass is 79.9. The summed E-state index contributed by atoms with van der Waals surface area (Å²) in [6.45, 7) is -6.29. The molecular formula is C84H74BrCl5F9N7O16. The van der Waals surface area contributed by atoms with E-state index in [-0.39, 0.29) is 120 Å². The van der Waals surface area contributed by atoms with Crippen LogP contribution in [0.5, 0.6) is 40.2 Å². The summed E-state index contributed by atoms with van der Waals surface area (Å²) in [5.74, 6) is -1.66. The molecule has 0 spiro atoms. The Morgan fingerprint density at radius 1 is 0.426 bits per heavy atom. The van der Waals surface area contributed by atoms with E-state index in [1.165, 1.54) is 194 Å². The number of ether oxygens (including phenoxy) is 7. The fourth-order valence-electron chi connectivity index (χ4n) is 11.0. The number of rotatable bonds is 31. The number of nitro groups is 1. The van der Waals surface area contributed by atoms with Crippen molar-refractivity contribution in [2.45, 2.75) is 29.6 Å². The van der Waals surface area contributed by atoms with Crippen LogP contribution in [-0.4, -0.2) is 169 Å². The van der Waals surface area contributed by atoms with Crippen molar-refractivity contribution in [2.75, 3.05) is 101 Å². The lowest BCUT2D eigenvalue weighted by Gasteiger charge is -2.25. The summed E-state index contributed by atoms with van der Waals surface area (Å²) >= 11 is 32.0. The normalized spacial score (nSPS) is 12.2. The SMILES string of the molecule is COc1cc(C(=O)CCC(O)(CF)c2ccc(OC)c(-c3ccc(F)c(Cl)c3)n2)ccc1OCCO.COc1ccc(C(=O)CBr)nc1-c1ccc(F)c(Cl)c1.COc1ccc(C(=O)CF)nc1-c1ccc(F)c(Cl)c1.COc1ccc(C(O)(CF)C[N+](=O)[O-])nc1-c1ccc(F)c(Cl)c1.COc1ccc(C(O)(CN)CF)nc1-c1ccc(F)c(Cl)c1. The first-order valence-corrected chi connectivity index (χ1v) is 38.5. The lowest BCUT2D eigenvalue weighted by Crippen LogP contribution is -2.38. The number of aromatic nitrogens is 5. The smallest absolute Gasteiger partial charge is 0.240 e. The van der Waals surface area contributed by atoms with Gasteiger partial charge >= 0.3 is 0 Å². The molecule has 0 aliphatic rings. The van der Waals surface area contributed by atoms with Gasteiger partial charge in [0.2, 0.25) is 12.3 Å². The van der Waals surface area contributed by atoms with Crippen molar-refractivity contribution >= 4 is 91.3 Å². The third kappa shape index (κ3) is 25.2. The van der Waals surface area contributed by atoms with Gasteiger partial charge in [-0.2, -0.15) is 0 Å². The Morgan fingerprint density at radius 2 is 0.738 bits per heavy atom. The minimum absolute atomic E-state index is 0.0106. The first kappa shape index (κ1) is 98.3. The Kier molecular flexibility index (Phi) is 37.0. The maximum Gasteiger partial charge on any atom is 0.240 e. The predicted molar refractivity (Wildman–Crippen MR) is 444 cm³/mol.